The molecule has 0 radical (unpaired) electrons. The Morgan fingerprint density at radius 2 is 2.00 bits per heavy atom. The van der Waals surface area contributed by atoms with Crippen LogP contribution >= 0.6 is 0 Å². The summed E-state index contributed by atoms with van der Waals surface area (Å²) in [6.45, 7) is 2.61. The molecular weight excluding hydrogens is 265 g/mol. The highest BCUT2D eigenvalue weighted by atomic mass is 19.4. The van der Waals surface area contributed by atoms with Gasteiger partial charge in [0.1, 0.15) is 12.4 Å². The summed E-state index contributed by atoms with van der Waals surface area (Å²) in [5.74, 6) is -1.68. The zero-order chi connectivity index (χ0) is 14.5. The molecule has 0 aliphatic carbocycles. The van der Waals surface area contributed by atoms with E-state index in [1.54, 1.807) is 6.92 Å². The second-order valence-corrected chi connectivity index (χ2v) is 3.56. The van der Waals surface area contributed by atoms with Crippen molar-refractivity contribution in [2.75, 3.05) is 19.8 Å². The maximum atomic E-state index is 12.7. The minimum atomic E-state index is -4.74. The van der Waals surface area contributed by atoms with E-state index in [0.29, 0.717) is 12.7 Å². The zero-order valence-electron chi connectivity index (χ0n) is 10.2. The van der Waals surface area contributed by atoms with E-state index in [1.807, 2.05) is 0 Å². The molecule has 0 fully saturated rings. The number of benzene rings is 1. The summed E-state index contributed by atoms with van der Waals surface area (Å²) in [7, 11) is 0. The van der Waals surface area contributed by atoms with Crippen LogP contribution in [0.3, 0.4) is 0 Å². The molecule has 1 rings (SSSR count). The van der Waals surface area contributed by atoms with Crippen molar-refractivity contribution in [3.63, 3.8) is 0 Å². The van der Waals surface area contributed by atoms with E-state index in [0.717, 1.165) is 6.07 Å². The molecule has 0 heterocycles. The van der Waals surface area contributed by atoms with Crippen molar-refractivity contribution in [3.05, 3.63) is 29.3 Å². The Kier molecular flexibility index (Phi) is 5.17. The summed E-state index contributed by atoms with van der Waals surface area (Å²) in [4.78, 5) is 10.7. The lowest BCUT2D eigenvalue weighted by Crippen LogP contribution is -2.14. The third kappa shape index (κ3) is 4.44. The van der Waals surface area contributed by atoms with Crippen molar-refractivity contribution in [2.45, 2.75) is 13.1 Å². The average Bonchev–Trinajstić information content (AvgIpc) is 2.33. The molecule has 0 saturated heterocycles. The normalized spacial score (nSPS) is 11.4. The standard InChI is InChI=1S/C12H13F3O4/c1-2-18-5-6-19-8-3-4-9(11(16)17)10(7-8)12(13,14)15/h3-4,7H,2,5-6H2,1H3,(H,16,17). The van der Waals surface area contributed by atoms with Crippen molar-refractivity contribution >= 4 is 5.97 Å². The fourth-order valence-corrected chi connectivity index (χ4v) is 1.40. The summed E-state index contributed by atoms with van der Waals surface area (Å²) >= 11 is 0. The number of halogens is 3. The van der Waals surface area contributed by atoms with Gasteiger partial charge in [-0.1, -0.05) is 0 Å². The molecule has 7 heteroatoms. The van der Waals surface area contributed by atoms with Crippen LogP contribution in [0.4, 0.5) is 13.2 Å². The fourth-order valence-electron chi connectivity index (χ4n) is 1.40. The first kappa shape index (κ1) is 15.3. The number of carbonyl (C=O) groups is 1. The molecule has 0 atom stereocenters. The molecule has 1 N–H and O–H groups in total. The molecule has 1 aromatic rings. The molecule has 0 amide bonds. The van der Waals surface area contributed by atoms with Crippen LogP contribution in [-0.4, -0.2) is 30.9 Å². The molecule has 0 saturated carbocycles. The van der Waals surface area contributed by atoms with Gasteiger partial charge in [0.05, 0.1) is 17.7 Å². The van der Waals surface area contributed by atoms with Crippen LogP contribution in [0.1, 0.15) is 22.8 Å². The number of carboxylic acid groups (broad SMARTS) is 1. The lowest BCUT2D eigenvalue weighted by atomic mass is 10.1. The van der Waals surface area contributed by atoms with E-state index in [9.17, 15) is 18.0 Å². The predicted octanol–water partition coefficient (Wildman–Crippen LogP) is 2.82. The molecule has 19 heavy (non-hydrogen) atoms. The Bertz CT molecular complexity index is 443. The number of ether oxygens (including phenoxy) is 2. The first-order chi connectivity index (χ1) is 8.86. The Balaban J connectivity index is 2.90. The van der Waals surface area contributed by atoms with Gasteiger partial charge in [-0.2, -0.15) is 13.2 Å². The summed E-state index contributed by atoms with van der Waals surface area (Å²) in [5, 5.41) is 8.71. The van der Waals surface area contributed by atoms with E-state index in [1.165, 1.54) is 6.07 Å². The Labute approximate surface area is 107 Å². The van der Waals surface area contributed by atoms with E-state index in [2.05, 4.69) is 0 Å². The second kappa shape index (κ2) is 6.42. The lowest BCUT2D eigenvalue weighted by Gasteiger charge is -2.13. The molecule has 0 aromatic heterocycles. The largest absolute Gasteiger partial charge is 0.491 e. The van der Waals surface area contributed by atoms with Gasteiger partial charge in [-0.05, 0) is 25.1 Å². The van der Waals surface area contributed by atoms with Crippen LogP contribution in [-0.2, 0) is 10.9 Å². The van der Waals surface area contributed by atoms with Crippen LogP contribution in [0.5, 0.6) is 5.75 Å². The maximum absolute atomic E-state index is 12.7. The molecule has 106 valence electrons. The SMILES string of the molecule is CCOCCOc1ccc(C(=O)O)c(C(F)(F)F)c1. The highest BCUT2D eigenvalue weighted by Gasteiger charge is 2.35. The highest BCUT2D eigenvalue weighted by molar-refractivity contribution is 5.89. The molecule has 4 nitrogen and oxygen atoms in total. The Morgan fingerprint density at radius 1 is 1.32 bits per heavy atom. The summed E-state index contributed by atoms with van der Waals surface area (Å²) in [6, 6.07) is 2.74. The van der Waals surface area contributed by atoms with Gasteiger partial charge in [0, 0.05) is 6.61 Å². The number of hydrogen-bond acceptors (Lipinski definition) is 3. The van der Waals surface area contributed by atoms with E-state index in [-0.39, 0.29) is 19.0 Å². The van der Waals surface area contributed by atoms with Gasteiger partial charge < -0.3 is 14.6 Å². The fraction of sp³-hybridized carbons (Fsp3) is 0.417. The third-order valence-corrected chi connectivity index (χ3v) is 2.23. The molecule has 0 unspecified atom stereocenters. The molecule has 0 aliphatic rings. The van der Waals surface area contributed by atoms with E-state index < -0.39 is 23.3 Å². The minimum Gasteiger partial charge on any atom is -0.491 e. The topological polar surface area (TPSA) is 55.8 Å². The first-order valence-corrected chi connectivity index (χ1v) is 5.51. The van der Waals surface area contributed by atoms with Gasteiger partial charge in [0.15, 0.2) is 0 Å². The predicted molar refractivity (Wildman–Crippen MR) is 60.4 cm³/mol. The van der Waals surface area contributed by atoms with Gasteiger partial charge in [0.25, 0.3) is 0 Å². The maximum Gasteiger partial charge on any atom is 0.417 e. The molecule has 0 spiro atoms. The number of rotatable bonds is 6. The molecule has 0 aliphatic heterocycles. The monoisotopic (exact) mass is 278 g/mol. The summed E-state index contributed by atoms with van der Waals surface area (Å²) < 4.78 is 48.1. The minimum absolute atomic E-state index is 0.0444. The zero-order valence-corrected chi connectivity index (χ0v) is 10.2. The Hall–Kier alpha value is -1.76. The molecular formula is C12H13F3O4. The van der Waals surface area contributed by atoms with Crippen molar-refractivity contribution in [1.29, 1.82) is 0 Å². The average molecular weight is 278 g/mol. The van der Waals surface area contributed by atoms with Gasteiger partial charge in [-0.25, -0.2) is 4.79 Å². The van der Waals surface area contributed by atoms with Crippen LogP contribution in [0.25, 0.3) is 0 Å². The summed E-state index contributed by atoms with van der Waals surface area (Å²) in [6.07, 6.45) is -4.74. The summed E-state index contributed by atoms with van der Waals surface area (Å²) in [5.41, 5.74) is -2.03. The van der Waals surface area contributed by atoms with Crippen molar-refractivity contribution in [2.24, 2.45) is 0 Å². The smallest absolute Gasteiger partial charge is 0.417 e. The quantitative estimate of drug-likeness (QED) is 0.813. The highest BCUT2D eigenvalue weighted by Crippen LogP contribution is 2.34. The van der Waals surface area contributed by atoms with Crippen LogP contribution < -0.4 is 4.74 Å². The molecule has 0 bridgehead atoms. The van der Waals surface area contributed by atoms with Crippen LogP contribution in [0.15, 0.2) is 18.2 Å². The first-order valence-electron chi connectivity index (χ1n) is 5.51. The van der Waals surface area contributed by atoms with Crippen LogP contribution in [0, 0.1) is 0 Å². The number of hydrogen-bond donors (Lipinski definition) is 1. The Morgan fingerprint density at radius 3 is 2.53 bits per heavy atom. The molecule has 1 aromatic carbocycles. The van der Waals surface area contributed by atoms with Gasteiger partial charge in [0.2, 0.25) is 0 Å². The van der Waals surface area contributed by atoms with Gasteiger partial charge in [-0.3, -0.25) is 0 Å². The lowest BCUT2D eigenvalue weighted by molar-refractivity contribution is -0.138. The van der Waals surface area contributed by atoms with E-state index in [4.69, 9.17) is 14.6 Å². The van der Waals surface area contributed by atoms with Gasteiger partial charge >= 0.3 is 12.1 Å². The van der Waals surface area contributed by atoms with Crippen molar-refractivity contribution < 1.29 is 32.5 Å². The third-order valence-electron chi connectivity index (χ3n) is 2.23. The number of carboxylic acids is 1. The number of aromatic carboxylic acids is 1. The second-order valence-electron chi connectivity index (χ2n) is 3.56. The van der Waals surface area contributed by atoms with Gasteiger partial charge in [-0.15, -0.1) is 0 Å². The van der Waals surface area contributed by atoms with Crippen molar-refractivity contribution in [3.8, 4) is 5.75 Å². The van der Waals surface area contributed by atoms with Crippen LogP contribution in [0.2, 0.25) is 0 Å². The van der Waals surface area contributed by atoms with Crippen molar-refractivity contribution in [1.82, 2.24) is 0 Å². The number of alkyl halides is 3. The van der Waals surface area contributed by atoms with E-state index >= 15 is 0 Å².